The second kappa shape index (κ2) is 7.66. The molecular weight excluding hydrogens is 314 g/mol. The lowest BCUT2D eigenvalue weighted by Crippen LogP contribution is -2.42. The number of hydrogen-bond donors (Lipinski definition) is 3. The number of benzene rings is 2. The van der Waals surface area contributed by atoms with Gasteiger partial charge in [-0.3, -0.25) is 20.4 Å². The van der Waals surface area contributed by atoms with Crippen molar-refractivity contribution in [2.45, 2.75) is 25.7 Å². The molecule has 0 aliphatic carbocycles. The second-order valence-corrected chi connectivity index (χ2v) is 6.15. The first-order chi connectivity index (χ1) is 12.1. The van der Waals surface area contributed by atoms with Crippen molar-refractivity contribution >= 4 is 22.7 Å². The number of aromatic nitrogens is 1. The Morgan fingerprint density at radius 2 is 1.64 bits per heavy atom. The fraction of sp³-hybridized carbons (Fsp3) is 0.200. The quantitative estimate of drug-likeness (QED) is 0.627. The summed E-state index contributed by atoms with van der Waals surface area (Å²) in [6, 6.07) is 17.6. The number of fused-ring (bicyclic) bond motifs is 1. The molecular formula is C20H21N3O2. The summed E-state index contributed by atoms with van der Waals surface area (Å²) in [5.74, 6) is -0.360. The zero-order valence-corrected chi connectivity index (χ0v) is 14.1. The minimum Gasteiger partial charge on any atom is -0.361 e. The van der Waals surface area contributed by atoms with Gasteiger partial charge in [0, 0.05) is 23.5 Å². The summed E-state index contributed by atoms with van der Waals surface area (Å²) in [5.41, 5.74) is 7.98. The Morgan fingerprint density at radius 3 is 2.44 bits per heavy atom. The van der Waals surface area contributed by atoms with Crippen molar-refractivity contribution in [3.8, 4) is 0 Å². The zero-order valence-electron chi connectivity index (χ0n) is 14.1. The number of nitrogens with one attached hydrogen (secondary N) is 3. The van der Waals surface area contributed by atoms with Crippen LogP contribution in [0.5, 0.6) is 0 Å². The third-order valence-electron chi connectivity index (χ3n) is 4.23. The Hall–Kier alpha value is -3.08. The van der Waals surface area contributed by atoms with E-state index in [1.807, 2.05) is 67.7 Å². The van der Waals surface area contributed by atoms with Gasteiger partial charge in [-0.2, -0.15) is 0 Å². The Labute approximate surface area is 146 Å². The van der Waals surface area contributed by atoms with Crippen LogP contribution in [0.3, 0.4) is 0 Å². The number of carbonyl (C=O) groups is 2. The molecule has 128 valence electrons. The molecule has 0 fully saturated rings. The molecule has 5 nitrogen and oxygen atoms in total. The summed E-state index contributed by atoms with van der Waals surface area (Å²) in [5, 5.41) is 1.02. The first-order valence-corrected chi connectivity index (χ1v) is 8.31. The van der Waals surface area contributed by atoms with Gasteiger partial charge in [0.05, 0.1) is 6.42 Å². The predicted molar refractivity (Wildman–Crippen MR) is 97.8 cm³/mol. The third kappa shape index (κ3) is 4.26. The van der Waals surface area contributed by atoms with Gasteiger partial charge in [0.1, 0.15) is 0 Å². The minimum absolute atomic E-state index is 0.0896. The van der Waals surface area contributed by atoms with Crippen LogP contribution in [0.25, 0.3) is 10.9 Å². The number of amides is 2. The summed E-state index contributed by atoms with van der Waals surface area (Å²) in [6.07, 6.45) is 2.35. The van der Waals surface area contributed by atoms with Gasteiger partial charge >= 0.3 is 0 Å². The molecule has 1 unspecified atom stereocenters. The van der Waals surface area contributed by atoms with Crippen molar-refractivity contribution in [1.29, 1.82) is 0 Å². The van der Waals surface area contributed by atoms with E-state index in [-0.39, 0.29) is 24.2 Å². The van der Waals surface area contributed by atoms with E-state index >= 15 is 0 Å². The highest BCUT2D eigenvalue weighted by atomic mass is 16.2. The molecule has 2 aromatic carbocycles. The number of carbonyl (C=O) groups excluding carboxylic acids is 2. The minimum atomic E-state index is -0.245. The lowest BCUT2D eigenvalue weighted by molar-refractivity contribution is -0.128. The van der Waals surface area contributed by atoms with Gasteiger partial charge in [0.25, 0.3) is 0 Å². The van der Waals surface area contributed by atoms with Gasteiger partial charge in [0.15, 0.2) is 0 Å². The van der Waals surface area contributed by atoms with E-state index in [1.165, 1.54) is 0 Å². The Bertz CT molecular complexity index is 871. The molecule has 0 spiro atoms. The van der Waals surface area contributed by atoms with Crippen molar-refractivity contribution in [2.75, 3.05) is 0 Å². The molecule has 0 aliphatic rings. The van der Waals surface area contributed by atoms with E-state index < -0.39 is 0 Å². The van der Waals surface area contributed by atoms with Crippen molar-refractivity contribution in [3.05, 3.63) is 71.9 Å². The molecule has 3 rings (SSSR count). The standard InChI is InChI=1S/C20H21N3O2/c1-14(15-7-3-2-4-8-15)11-19(24)22-23-20(25)12-16-13-21-18-10-6-5-9-17(16)18/h2-10,13-14,21H,11-12H2,1H3,(H,22,24)(H,23,25). The van der Waals surface area contributed by atoms with Gasteiger partial charge in [0.2, 0.25) is 11.8 Å². The maximum atomic E-state index is 12.1. The van der Waals surface area contributed by atoms with E-state index in [0.717, 1.165) is 22.0 Å². The van der Waals surface area contributed by atoms with Crippen LogP contribution in [0.4, 0.5) is 0 Å². The van der Waals surface area contributed by atoms with Crippen LogP contribution in [0.1, 0.15) is 30.4 Å². The first kappa shape index (κ1) is 16.8. The van der Waals surface area contributed by atoms with Crippen LogP contribution < -0.4 is 10.9 Å². The monoisotopic (exact) mass is 335 g/mol. The van der Waals surface area contributed by atoms with Gasteiger partial charge in [-0.05, 0) is 23.1 Å². The number of rotatable bonds is 5. The maximum absolute atomic E-state index is 12.1. The Kier molecular flexibility index (Phi) is 5.14. The number of hydrogen-bond acceptors (Lipinski definition) is 2. The van der Waals surface area contributed by atoms with Crippen molar-refractivity contribution in [2.24, 2.45) is 0 Å². The largest absolute Gasteiger partial charge is 0.361 e. The van der Waals surface area contributed by atoms with Crippen molar-refractivity contribution < 1.29 is 9.59 Å². The molecule has 1 atom stereocenters. The van der Waals surface area contributed by atoms with Crippen LogP contribution in [0.15, 0.2) is 60.8 Å². The van der Waals surface area contributed by atoms with Gasteiger partial charge in [-0.1, -0.05) is 55.5 Å². The Balaban J connectivity index is 1.49. The summed E-state index contributed by atoms with van der Waals surface area (Å²) in [7, 11) is 0. The lowest BCUT2D eigenvalue weighted by atomic mass is 9.98. The molecule has 1 heterocycles. The fourth-order valence-electron chi connectivity index (χ4n) is 2.86. The van der Waals surface area contributed by atoms with Gasteiger partial charge in [-0.15, -0.1) is 0 Å². The normalized spacial score (nSPS) is 11.9. The molecule has 25 heavy (non-hydrogen) atoms. The van der Waals surface area contributed by atoms with E-state index in [0.29, 0.717) is 6.42 Å². The highest BCUT2D eigenvalue weighted by Crippen LogP contribution is 2.19. The van der Waals surface area contributed by atoms with Crippen LogP contribution in [-0.2, 0) is 16.0 Å². The smallest absolute Gasteiger partial charge is 0.242 e. The van der Waals surface area contributed by atoms with Gasteiger partial charge in [-0.25, -0.2) is 0 Å². The third-order valence-corrected chi connectivity index (χ3v) is 4.23. The fourth-order valence-corrected chi connectivity index (χ4v) is 2.86. The van der Waals surface area contributed by atoms with E-state index in [4.69, 9.17) is 0 Å². The number of hydrazine groups is 1. The van der Waals surface area contributed by atoms with Crippen LogP contribution in [0, 0.1) is 0 Å². The van der Waals surface area contributed by atoms with E-state index in [9.17, 15) is 9.59 Å². The molecule has 0 bridgehead atoms. The number of para-hydroxylation sites is 1. The molecule has 2 amide bonds. The average molecular weight is 335 g/mol. The predicted octanol–water partition coefficient (Wildman–Crippen LogP) is 3.05. The van der Waals surface area contributed by atoms with Crippen molar-refractivity contribution in [3.63, 3.8) is 0 Å². The summed E-state index contributed by atoms with van der Waals surface area (Å²) < 4.78 is 0. The summed E-state index contributed by atoms with van der Waals surface area (Å²) in [4.78, 5) is 27.2. The van der Waals surface area contributed by atoms with Crippen LogP contribution in [-0.4, -0.2) is 16.8 Å². The molecule has 0 saturated heterocycles. The van der Waals surface area contributed by atoms with E-state index in [1.54, 1.807) is 0 Å². The molecule has 0 saturated carbocycles. The van der Waals surface area contributed by atoms with Crippen LogP contribution >= 0.6 is 0 Å². The topological polar surface area (TPSA) is 74.0 Å². The second-order valence-electron chi connectivity index (χ2n) is 6.15. The highest BCUT2D eigenvalue weighted by Gasteiger charge is 2.13. The van der Waals surface area contributed by atoms with Gasteiger partial charge < -0.3 is 4.98 Å². The SMILES string of the molecule is CC(CC(=O)NNC(=O)Cc1c[nH]c2ccccc12)c1ccccc1. The average Bonchev–Trinajstić information content (AvgIpc) is 3.04. The Morgan fingerprint density at radius 1 is 0.960 bits per heavy atom. The number of H-pyrrole nitrogens is 1. The molecule has 3 aromatic rings. The summed E-state index contributed by atoms with van der Waals surface area (Å²) in [6.45, 7) is 1.99. The molecule has 1 aromatic heterocycles. The molecule has 0 radical (unpaired) electrons. The maximum Gasteiger partial charge on any atom is 0.242 e. The van der Waals surface area contributed by atoms with E-state index in [2.05, 4.69) is 15.8 Å². The number of aromatic amines is 1. The lowest BCUT2D eigenvalue weighted by Gasteiger charge is -2.12. The molecule has 5 heteroatoms. The zero-order chi connectivity index (χ0) is 17.6. The van der Waals surface area contributed by atoms with Crippen LogP contribution in [0.2, 0.25) is 0 Å². The highest BCUT2D eigenvalue weighted by molar-refractivity contribution is 5.89. The van der Waals surface area contributed by atoms with Crippen molar-refractivity contribution in [1.82, 2.24) is 15.8 Å². The molecule has 3 N–H and O–H groups in total. The summed E-state index contributed by atoms with van der Waals surface area (Å²) >= 11 is 0. The molecule has 0 aliphatic heterocycles. The first-order valence-electron chi connectivity index (χ1n) is 8.31.